The van der Waals surface area contributed by atoms with E-state index in [9.17, 15) is 0 Å². The summed E-state index contributed by atoms with van der Waals surface area (Å²) in [6.45, 7) is 17.3. The SMILES string of the molecule is CCCCN(CCCN1COCOC1)CCN(CCCN1COCOC1)CCCN1COCOC1. The van der Waals surface area contributed by atoms with Gasteiger partial charge in [0.1, 0.15) is 60.8 Å². The van der Waals surface area contributed by atoms with Crippen LogP contribution in [0.5, 0.6) is 0 Å². The molecule has 0 aromatic heterocycles. The third kappa shape index (κ3) is 13.1. The van der Waals surface area contributed by atoms with Gasteiger partial charge in [0.05, 0.1) is 0 Å². The van der Waals surface area contributed by atoms with E-state index in [4.69, 9.17) is 28.4 Å². The van der Waals surface area contributed by atoms with Crippen molar-refractivity contribution in [1.29, 1.82) is 0 Å². The van der Waals surface area contributed by atoms with Gasteiger partial charge in [-0.3, -0.25) is 14.7 Å². The Hall–Kier alpha value is -0.440. The average Bonchev–Trinajstić information content (AvgIpc) is 2.91. The van der Waals surface area contributed by atoms with Crippen LogP contribution in [-0.2, 0) is 28.4 Å². The Morgan fingerprint density at radius 1 is 0.457 bits per heavy atom. The van der Waals surface area contributed by atoms with Crippen molar-refractivity contribution in [1.82, 2.24) is 24.5 Å². The van der Waals surface area contributed by atoms with Gasteiger partial charge in [-0.05, 0) is 51.9 Å². The lowest BCUT2D eigenvalue weighted by molar-refractivity contribution is -0.183. The molecule has 35 heavy (non-hydrogen) atoms. The summed E-state index contributed by atoms with van der Waals surface area (Å²) in [6.07, 6.45) is 5.85. The normalized spacial score (nSPS) is 21.3. The van der Waals surface area contributed by atoms with Gasteiger partial charge in [-0.25, -0.2) is 0 Å². The third-order valence-corrected chi connectivity index (χ3v) is 6.55. The molecule has 0 unspecified atom stereocenters. The molecule has 3 saturated heterocycles. The zero-order valence-electron chi connectivity index (χ0n) is 21.9. The number of rotatable bonds is 18. The molecule has 11 nitrogen and oxygen atoms in total. The molecule has 0 aliphatic carbocycles. The van der Waals surface area contributed by atoms with E-state index in [0.717, 1.165) is 71.6 Å². The van der Waals surface area contributed by atoms with Crippen LogP contribution in [-0.4, -0.2) is 144 Å². The Morgan fingerprint density at radius 3 is 1.09 bits per heavy atom. The molecule has 0 amide bonds. The minimum Gasteiger partial charge on any atom is -0.340 e. The van der Waals surface area contributed by atoms with E-state index in [1.54, 1.807) is 0 Å². The average molecular weight is 504 g/mol. The molecule has 0 spiro atoms. The van der Waals surface area contributed by atoms with Gasteiger partial charge in [-0.1, -0.05) is 13.3 Å². The topological polar surface area (TPSA) is 71.6 Å². The summed E-state index contributed by atoms with van der Waals surface area (Å²) in [5.74, 6) is 0. The molecule has 3 heterocycles. The highest BCUT2D eigenvalue weighted by Gasteiger charge is 2.16. The van der Waals surface area contributed by atoms with Gasteiger partial charge in [0.25, 0.3) is 0 Å². The predicted octanol–water partition coefficient (Wildman–Crippen LogP) is 1.22. The van der Waals surface area contributed by atoms with Crippen LogP contribution >= 0.6 is 0 Å². The molecule has 206 valence electrons. The standard InChI is InChI=1S/C24H49N5O6/c1-2-3-7-25(8-4-11-27-16-30-22-31-17-27)14-15-26(9-5-12-28-18-32-23-33-19-28)10-6-13-29-20-34-24-35-21-29/h2-24H2,1H3. The first kappa shape index (κ1) is 29.1. The van der Waals surface area contributed by atoms with Crippen molar-refractivity contribution >= 4 is 0 Å². The molecular formula is C24H49N5O6. The van der Waals surface area contributed by atoms with Gasteiger partial charge < -0.3 is 38.2 Å². The maximum atomic E-state index is 5.40. The lowest BCUT2D eigenvalue weighted by Crippen LogP contribution is -2.41. The monoisotopic (exact) mass is 503 g/mol. The van der Waals surface area contributed by atoms with Crippen molar-refractivity contribution in [2.45, 2.75) is 39.0 Å². The highest BCUT2D eigenvalue weighted by atomic mass is 16.7. The van der Waals surface area contributed by atoms with Gasteiger partial charge in [0, 0.05) is 32.7 Å². The van der Waals surface area contributed by atoms with Crippen LogP contribution in [0.1, 0.15) is 39.0 Å². The van der Waals surface area contributed by atoms with Crippen molar-refractivity contribution in [3.63, 3.8) is 0 Å². The van der Waals surface area contributed by atoms with Gasteiger partial charge in [0.15, 0.2) is 0 Å². The maximum Gasteiger partial charge on any atom is 0.150 e. The zero-order valence-corrected chi connectivity index (χ0v) is 21.9. The minimum atomic E-state index is 0.415. The summed E-state index contributed by atoms with van der Waals surface area (Å²) >= 11 is 0. The lowest BCUT2D eigenvalue weighted by Gasteiger charge is -2.31. The summed E-state index contributed by atoms with van der Waals surface area (Å²) in [5, 5.41) is 0. The molecule has 0 aromatic carbocycles. The second kappa shape index (κ2) is 18.8. The van der Waals surface area contributed by atoms with Crippen molar-refractivity contribution in [3.8, 4) is 0 Å². The Labute approximate surface area is 212 Å². The van der Waals surface area contributed by atoms with Crippen molar-refractivity contribution in [3.05, 3.63) is 0 Å². The fourth-order valence-corrected chi connectivity index (χ4v) is 4.56. The molecule has 3 aliphatic rings. The fourth-order valence-electron chi connectivity index (χ4n) is 4.56. The largest absolute Gasteiger partial charge is 0.340 e. The predicted molar refractivity (Wildman–Crippen MR) is 132 cm³/mol. The lowest BCUT2D eigenvalue weighted by atomic mass is 10.2. The molecule has 0 atom stereocenters. The highest BCUT2D eigenvalue weighted by molar-refractivity contribution is 4.67. The maximum absolute atomic E-state index is 5.40. The molecule has 0 radical (unpaired) electrons. The Bertz CT molecular complexity index is 481. The van der Waals surface area contributed by atoms with Gasteiger partial charge in [-0.2, -0.15) is 0 Å². The summed E-state index contributed by atoms with van der Waals surface area (Å²) in [4.78, 5) is 12.0. The van der Waals surface area contributed by atoms with Crippen LogP contribution in [0.15, 0.2) is 0 Å². The molecule has 0 N–H and O–H groups in total. The van der Waals surface area contributed by atoms with Crippen molar-refractivity contribution < 1.29 is 28.4 Å². The second-order valence-electron chi connectivity index (χ2n) is 9.63. The first-order valence-electron chi connectivity index (χ1n) is 13.4. The summed E-state index contributed by atoms with van der Waals surface area (Å²) in [7, 11) is 0. The molecule has 3 fully saturated rings. The van der Waals surface area contributed by atoms with Gasteiger partial charge in [0.2, 0.25) is 0 Å². The number of ether oxygens (including phenoxy) is 6. The number of unbranched alkanes of at least 4 members (excludes halogenated alkanes) is 1. The minimum absolute atomic E-state index is 0.415. The van der Waals surface area contributed by atoms with E-state index in [2.05, 4.69) is 31.4 Å². The second-order valence-corrected chi connectivity index (χ2v) is 9.63. The summed E-state index contributed by atoms with van der Waals surface area (Å²) < 4.78 is 32.4. The van der Waals surface area contributed by atoms with E-state index in [0.29, 0.717) is 60.8 Å². The Morgan fingerprint density at radius 2 is 0.771 bits per heavy atom. The van der Waals surface area contributed by atoms with Crippen molar-refractivity contribution in [2.75, 3.05) is 120 Å². The van der Waals surface area contributed by atoms with E-state index in [-0.39, 0.29) is 0 Å². The molecule has 0 bridgehead atoms. The molecule has 0 aromatic rings. The quantitative estimate of drug-likeness (QED) is 0.271. The van der Waals surface area contributed by atoms with Crippen LogP contribution in [0.3, 0.4) is 0 Å². The number of hydrogen-bond acceptors (Lipinski definition) is 11. The van der Waals surface area contributed by atoms with Crippen LogP contribution < -0.4 is 0 Å². The fraction of sp³-hybridized carbons (Fsp3) is 1.00. The molecule has 3 rings (SSSR count). The smallest absolute Gasteiger partial charge is 0.150 e. The molecule has 11 heteroatoms. The molecule has 3 aliphatic heterocycles. The molecular weight excluding hydrogens is 454 g/mol. The Balaban J connectivity index is 1.39. The summed E-state index contributed by atoms with van der Waals surface area (Å²) in [6, 6.07) is 0. The highest BCUT2D eigenvalue weighted by Crippen LogP contribution is 2.06. The van der Waals surface area contributed by atoms with Crippen molar-refractivity contribution in [2.24, 2.45) is 0 Å². The Kier molecular flexibility index (Phi) is 15.6. The third-order valence-electron chi connectivity index (χ3n) is 6.55. The van der Waals surface area contributed by atoms with E-state index in [1.807, 2.05) is 0 Å². The van der Waals surface area contributed by atoms with Gasteiger partial charge in [-0.15, -0.1) is 0 Å². The van der Waals surface area contributed by atoms with Gasteiger partial charge >= 0.3 is 0 Å². The van der Waals surface area contributed by atoms with Crippen LogP contribution in [0, 0.1) is 0 Å². The first-order valence-corrected chi connectivity index (χ1v) is 13.4. The van der Waals surface area contributed by atoms with Crippen LogP contribution in [0.2, 0.25) is 0 Å². The van der Waals surface area contributed by atoms with Crippen LogP contribution in [0.25, 0.3) is 0 Å². The zero-order chi connectivity index (χ0) is 24.4. The first-order chi connectivity index (χ1) is 17.3. The number of nitrogens with zero attached hydrogens (tertiary/aromatic N) is 5. The summed E-state index contributed by atoms with van der Waals surface area (Å²) in [5.41, 5.74) is 0. The van der Waals surface area contributed by atoms with E-state index < -0.39 is 0 Å². The number of hydrogen-bond donors (Lipinski definition) is 0. The molecule has 0 saturated carbocycles. The van der Waals surface area contributed by atoms with E-state index in [1.165, 1.54) is 19.4 Å². The van der Waals surface area contributed by atoms with Crippen LogP contribution in [0.4, 0.5) is 0 Å². The van der Waals surface area contributed by atoms with E-state index >= 15 is 0 Å².